The summed E-state index contributed by atoms with van der Waals surface area (Å²) in [6.45, 7) is 14.1. The van der Waals surface area contributed by atoms with Gasteiger partial charge in [0.2, 0.25) is 0 Å². The molecule has 1 rings (SSSR count). The van der Waals surface area contributed by atoms with E-state index in [1.807, 2.05) is 0 Å². The second kappa shape index (κ2) is 6.91. The van der Waals surface area contributed by atoms with Crippen molar-refractivity contribution < 1.29 is 0 Å². The van der Waals surface area contributed by atoms with Gasteiger partial charge in [-0.15, -0.1) is 0 Å². The van der Waals surface area contributed by atoms with Gasteiger partial charge in [-0.2, -0.15) is 0 Å². The fourth-order valence-electron chi connectivity index (χ4n) is 1.89. The van der Waals surface area contributed by atoms with Gasteiger partial charge >= 0.3 is 0 Å². The Labute approximate surface area is 112 Å². The lowest BCUT2D eigenvalue weighted by atomic mass is 10.1. The third-order valence-electron chi connectivity index (χ3n) is 3.01. The summed E-state index contributed by atoms with van der Waals surface area (Å²) in [6.07, 6.45) is 1.17. The van der Waals surface area contributed by atoms with Crippen molar-refractivity contribution in [3.63, 3.8) is 0 Å². The van der Waals surface area contributed by atoms with Crippen LogP contribution < -0.4 is 10.6 Å². The molecule has 0 radical (unpaired) electrons. The number of hydrogen-bond donors (Lipinski definition) is 2. The molecule has 2 heteroatoms. The maximum absolute atomic E-state index is 3.52. The Balaban J connectivity index is 2.20. The zero-order valence-corrected chi connectivity index (χ0v) is 12.6. The Hall–Kier alpha value is -0.860. The monoisotopic (exact) mass is 248 g/mol. The van der Waals surface area contributed by atoms with Gasteiger partial charge in [-0.1, -0.05) is 23.8 Å². The summed E-state index contributed by atoms with van der Waals surface area (Å²) >= 11 is 0. The van der Waals surface area contributed by atoms with E-state index in [4.69, 9.17) is 0 Å². The maximum Gasteiger partial charge on any atom is 0.0208 e. The van der Waals surface area contributed by atoms with E-state index in [9.17, 15) is 0 Å². The van der Waals surface area contributed by atoms with Crippen LogP contribution in [0.2, 0.25) is 0 Å². The first-order chi connectivity index (χ1) is 8.38. The van der Waals surface area contributed by atoms with Crippen LogP contribution in [0, 0.1) is 13.8 Å². The van der Waals surface area contributed by atoms with Gasteiger partial charge in [-0.05, 0) is 65.3 Å². The molecule has 1 aromatic carbocycles. The van der Waals surface area contributed by atoms with E-state index in [0.717, 1.165) is 19.6 Å². The van der Waals surface area contributed by atoms with Crippen LogP contribution >= 0.6 is 0 Å². The number of hydrogen-bond acceptors (Lipinski definition) is 2. The predicted octanol–water partition coefficient (Wildman–Crippen LogP) is 3.17. The first-order valence-electron chi connectivity index (χ1n) is 6.90. The zero-order chi connectivity index (χ0) is 13.6. The summed E-state index contributed by atoms with van der Waals surface area (Å²) < 4.78 is 0. The highest BCUT2D eigenvalue weighted by Gasteiger charge is 2.06. The fraction of sp³-hybridized carbons (Fsp3) is 0.625. The molecule has 0 aromatic heterocycles. The van der Waals surface area contributed by atoms with Crippen LogP contribution in [0.25, 0.3) is 0 Å². The van der Waals surface area contributed by atoms with Crippen molar-refractivity contribution >= 4 is 0 Å². The first kappa shape index (κ1) is 15.2. The zero-order valence-electron chi connectivity index (χ0n) is 12.6. The van der Waals surface area contributed by atoms with E-state index >= 15 is 0 Å². The number of benzene rings is 1. The Bertz CT molecular complexity index is 364. The van der Waals surface area contributed by atoms with Gasteiger partial charge < -0.3 is 10.6 Å². The van der Waals surface area contributed by atoms with Crippen LogP contribution in [0.15, 0.2) is 18.2 Å². The average molecular weight is 248 g/mol. The van der Waals surface area contributed by atoms with E-state index in [1.165, 1.54) is 23.1 Å². The minimum absolute atomic E-state index is 0.229. The largest absolute Gasteiger partial charge is 0.313 e. The molecule has 0 atom stereocenters. The van der Waals surface area contributed by atoms with E-state index in [0.29, 0.717) is 0 Å². The minimum atomic E-state index is 0.229. The van der Waals surface area contributed by atoms with Crippen LogP contribution in [0.4, 0.5) is 0 Å². The first-order valence-corrected chi connectivity index (χ1v) is 6.90. The smallest absolute Gasteiger partial charge is 0.0208 e. The molecule has 2 nitrogen and oxygen atoms in total. The van der Waals surface area contributed by atoms with Crippen LogP contribution in [0.3, 0.4) is 0 Å². The van der Waals surface area contributed by atoms with Gasteiger partial charge in [0.05, 0.1) is 0 Å². The molecule has 0 saturated heterocycles. The average Bonchev–Trinajstić information content (AvgIpc) is 2.26. The van der Waals surface area contributed by atoms with Gasteiger partial charge in [-0.25, -0.2) is 0 Å². The van der Waals surface area contributed by atoms with Crippen molar-refractivity contribution in [1.29, 1.82) is 0 Å². The molecule has 0 saturated carbocycles. The quantitative estimate of drug-likeness (QED) is 0.756. The van der Waals surface area contributed by atoms with E-state index in [-0.39, 0.29) is 5.54 Å². The molecule has 0 aliphatic carbocycles. The van der Waals surface area contributed by atoms with Crippen molar-refractivity contribution in [3.05, 3.63) is 34.9 Å². The summed E-state index contributed by atoms with van der Waals surface area (Å²) in [5, 5.41) is 7.02. The van der Waals surface area contributed by atoms with E-state index < -0.39 is 0 Å². The van der Waals surface area contributed by atoms with Gasteiger partial charge in [0.1, 0.15) is 0 Å². The summed E-state index contributed by atoms with van der Waals surface area (Å²) in [5.41, 5.74) is 4.36. The highest BCUT2D eigenvalue weighted by Crippen LogP contribution is 2.10. The molecule has 0 amide bonds. The lowest BCUT2D eigenvalue weighted by molar-refractivity contribution is 0.418. The van der Waals surface area contributed by atoms with Gasteiger partial charge in [0.25, 0.3) is 0 Å². The third kappa shape index (κ3) is 6.18. The molecule has 0 heterocycles. The highest BCUT2D eigenvalue weighted by atomic mass is 14.9. The van der Waals surface area contributed by atoms with Gasteiger partial charge in [0, 0.05) is 12.1 Å². The molecule has 1 aromatic rings. The van der Waals surface area contributed by atoms with E-state index in [2.05, 4.69) is 63.5 Å². The Morgan fingerprint density at radius 2 is 1.78 bits per heavy atom. The van der Waals surface area contributed by atoms with Gasteiger partial charge in [-0.3, -0.25) is 0 Å². The van der Waals surface area contributed by atoms with Crippen LogP contribution in [0.1, 0.15) is 43.9 Å². The van der Waals surface area contributed by atoms with Crippen LogP contribution in [0.5, 0.6) is 0 Å². The van der Waals surface area contributed by atoms with Crippen LogP contribution in [-0.2, 0) is 6.54 Å². The highest BCUT2D eigenvalue weighted by molar-refractivity contribution is 5.30. The third-order valence-corrected chi connectivity index (χ3v) is 3.01. The van der Waals surface area contributed by atoms with Crippen LogP contribution in [-0.4, -0.2) is 18.6 Å². The molecular formula is C16H28N2. The summed E-state index contributed by atoms with van der Waals surface area (Å²) in [4.78, 5) is 0. The summed E-state index contributed by atoms with van der Waals surface area (Å²) in [7, 11) is 0. The summed E-state index contributed by atoms with van der Waals surface area (Å²) in [5.74, 6) is 0. The van der Waals surface area contributed by atoms with Crippen molar-refractivity contribution in [2.45, 2.75) is 53.1 Å². The van der Waals surface area contributed by atoms with Crippen molar-refractivity contribution in [2.24, 2.45) is 0 Å². The lowest BCUT2D eigenvalue weighted by Crippen LogP contribution is -2.37. The van der Waals surface area contributed by atoms with Crippen molar-refractivity contribution in [3.8, 4) is 0 Å². The normalized spacial score (nSPS) is 11.8. The maximum atomic E-state index is 3.52. The molecule has 2 N–H and O–H groups in total. The topological polar surface area (TPSA) is 24.1 Å². The molecule has 102 valence electrons. The molecule has 0 aliphatic rings. The Morgan fingerprint density at radius 1 is 1.06 bits per heavy atom. The van der Waals surface area contributed by atoms with E-state index in [1.54, 1.807) is 0 Å². The SMILES string of the molecule is Cc1ccc(C)c(CNCCCNC(C)(C)C)c1. The molecule has 0 aliphatic heterocycles. The molecule has 0 fully saturated rings. The van der Waals surface area contributed by atoms with Gasteiger partial charge in [0.15, 0.2) is 0 Å². The minimum Gasteiger partial charge on any atom is -0.313 e. The molecular weight excluding hydrogens is 220 g/mol. The van der Waals surface area contributed by atoms with Crippen molar-refractivity contribution in [1.82, 2.24) is 10.6 Å². The summed E-state index contributed by atoms with van der Waals surface area (Å²) in [6, 6.07) is 6.65. The fourth-order valence-corrected chi connectivity index (χ4v) is 1.89. The molecule has 0 spiro atoms. The Kier molecular flexibility index (Phi) is 5.83. The number of rotatable bonds is 6. The standard InChI is InChI=1S/C16H28N2/c1-13-7-8-14(2)15(11-13)12-17-9-6-10-18-16(3,4)5/h7-8,11,17-18H,6,9-10,12H2,1-5H3. The second-order valence-corrected chi connectivity index (χ2v) is 6.14. The molecule has 18 heavy (non-hydrogen) atoms. The second-order valence-electron chi connectivity index (χ2n) is 6.14. The number of nitrogens with one attached hydrogen (secondary N) is 2. The lowest BCUT2D eigenvalue weighted by Gasteiger charge is -2.20. The van der Waals surface area contributed by atoms with Crippen molar-refractivity contribution in [2.75, 3.05) is 13.1 Å². The number of aryl methyl sites for hydroxylation is 2. The predicted molar refractivity (Wildman–Crippen MR) is 80.0 cm³/mol. The Morgan fingerprint density at radius 3 is 2.44 bits per heavy atom. The molecule has 0 bridgehead atoms. The molecule has 0 unspecified atom stereocenters.